The summed E-state index contributed by atoms with van der Waals surface area (Å²) >= 11 is 0. The van der Waals surface area contributed by atoms with Gasteiger partial charge in [0.05, 0.1) is 11.0 Å². The minimum Gasteiger partial charge on any atom is -0.382 e. The van der Waals surface area contributed by atoms with E-state index in [9.17, 15) is 0 Å². The van der Waals surface area contributed by atoms with Gasteiger partial charge in [0.1, 0.15) is 11.3 Å². The van der Waals surface area contributed by atoms with Crippen LogP contribution in [0.1, 0.15) is 58.7 Å². The largest absolute Gasteiger partial charge is 0.382 e. The average molecular weight is 423 g/mol. The second-order valence-electron chi connectivity index (χ2n) is 8.86. The fourth-order valence-corrected chi connectivity index (χ4v) is 4.77. The van der Waals surface area contributed by atoms with E-state index in [-0.39, 0.29) is 0 Å². The number of hydrogen-bond donors (Lipinski definition) is 1. The zero-order valence-electron chi connectivity index (χ0n) is 19.5. The van der Waals surface area contributed by atoms with E-state index in [1.807, 2.05) is 0 Å². The molecular weight excluding hydrogens is 384 g/mol. The van der Waals surface area contributed by atoms with Crippen molar-refractivity contribution < 1.29 is 0 Å². The summed E-state index contributed by atoms with van der Waals surface area (Å²) in [5, 5.41) is 1.18. The van der Waals surface area contributed by atoms with Crippen LogP contribution < -0.4 is 10.6 Å². The highest BCUT2D eigenvalue weighted by molar-refractivity contribution is 6.07. The highest BCUT2D eigenvalue weighted by Gasteiger charge is 2.20. The molecule has 3 aromatic rings. The Hall–Kier alpha value is -2.34. The van der Waals surface area contributed by atoms with Crippen molar-refractivity contribution in [3.63, 3.8) is 0 Å². The Morgan fingerprint density at radius 1 is 0.903 bits per heavy atom. The molecule has 0 atom stereocenters. The lowest BCUT2D eigenvalue weighted by Crippen LogP contribution is -2.46. The van der Waals surface area contributed by atoms with Crippen molar-refractivity contribution in [2.75, 3.05) is 43.4 Å². The van der Waals surface area contributed by atoms with E-state index in [4.69, 9.17) is 15.7 Å². The Labute approximate surface area is 186 Å². The summed E-state index contributed by atoms with van der Waals surface area (Å²) < 4.78 is 2.43. The third kappa shape index (κ3) is 4.49. The predicted octanol–water partition coefficient (Wildman–Crippen LogP) is 4.84. The Morgan fingerprint density at radius 2 is 1.68 bits per heavy atom. The Morgan fingerprint density at radius 3 is 2.39 bits per heavy atom. The van der Waals surface area contributed by atoms with E-state index in [1.165, 1.54) is 42.4 Å². The molecule has 168 valence electrons. The highest BCUT2D eigenvalue weighted by Crippen LogP contribution is 2.32. The predicted molar refractivity (Wildman–Crippen MR) is 132 cm³/mol. The number of nitrogens with two attached hydrogens (primary N) is 1. The first kappa shape index (κ1) is 21.9. The molecule has 2 aromatic heterocycles. The molecule has 1 fully saturated rings. The van der Waals surface area contributed by atoms with E-state index in [0.717, 1.165) is 68.8 Å². The maximum absolute atomic E-state index is 6.38. The summed E-state index contributed by atoms with van der Waals surface area (Å²) in [6, 6.07) is 6.68. The first-order valence-corrected chi connectivity index (χ1v) is 12.2. The van der Waals surface area contributed by atoms with E-state index < -0.39 is 0 Å². The van der Waals surface area contributed by atoms with Gasteiger partial charge >= 0.3 is 0 Å². The summed E-state index contributed by atoms with van der Waals surface area (Å²) in [5.74, 6) is 1.71. The normalized spacial score (nSPS) is 15.4. The number of benzene rings is 1. The number of piperazine rings is 1. The molecule has 0 spiro atoms. The van der Waals surface area contributed by atoms with Crippen LogP contribution in [0.25, 0.3) is 21.9 Å². The summed E-state index contributed by atoms with van der Waals surface area (Å²) in [7, 11) is 0. The number of pyridine rings is 1. The molecule has 1 aromatic carbocycles. The van der Waals surface area contributed by atoms with Gasteiger partial charge in [0.2, 0.25) is 0 Å². The van der Waals surface area contributed by atoms with Gasteiger partial charge in [-0.15, -0.1) is 0 Å². The lowest BCUT2D eigenvalue weighted by atomic mass is 10.1. The number of anilines is 2. The van der Waals surface area contributed by atoms with Gasteiger partial charge in [-0.25, -0.2) is 9.97 Å². The molecule has 0 bridgehead atoms. The number of nitrogens with zero attached hydrogens (tertiary/aromatic N) is 5. The fourth-order valence-electron chi connectivity index (χ4n) is 4.77. The molecular formula is C25H38N6. The van der Waals surface area contributed by atoms with Crippen molar-refractivity contribution in [2.45, 2.75) is 65.8 Å². The number of imidazole rings is 1. The summed E-state index contributed by atoms with van der Waals surface area (Å²) in [6.45, 7) is 13.4. The average Bonchev–Trinajstić information content (AvgIpc) is 3.16. The van der Waals surface area contributed by atoms with Gasteiger partial charge in [0.25, 0.3) is 0 Å². The van der Waals surface area contributed by atoms with Crippen LogP contribution in [0.3, 0.4) is 0 Å². The lowest BCUT2D eigenvalue weighted by Gasteiger charge is -2.36. The van der Waals surface area contributed by atoms with Gasteiger partial charge < -0.3 is 15.2 Å². The molecule has 31 heavy (non-hydrogen) atoms. The summed E-state index contributed by atoms with van der Waals surface area (Å²) in [6.07, 6.45) is 6.84. The fraction of sp³-hybridized carbons (Fsp3) is 0.600. The SMILES string of the molecule is CCCCc1nc2c(N)nc3ccc(N4CCN(CCC)CC4)cc3c2n1CCCC. The Kier molecular flexibility index (Phi) is 6.96. The van der Waals surface area contributed by atoms with Crippen LogP contribution in [0, 0.1) is 0 Å². The summed E-state index contributed by atoms with van der Waals surface area (Å²) in [5.41, 5.74) is 10.7. The van der Waals surface area contributed by atoms with Crippen molar-refractivity contribution in [1.29, 1.82) is 0 Å². The highest BCUT2D eigenvalue weighted by atomic mass is 15.3. The van der Waals surface area contributed by atoms with Crippen molar-refractivity contribution >= 4 is 33.4 Å². The molecule has 0 aliphatic carbocycles. The molecule has 1 saturated heterocycles. The first-order valence-electron chi connectivity index (χ1n) is 12.2. The number of nitrogen functional groups attached to an aromatic ring is 1. The summed E-state index contributed by atoms with van der Waals surface area (Å²) in [4.78, 5) is 14.8. The number of fused-ring (bicyclic) bond motifs is 3. The van der Waals surface area contributed by atoms with Crippen LogP contribution >= 0.6 is 0 Å². The van der Waals surface area contributed by atoms with Crippen molar-refractivity contribution in [3.05, 3.63) is 24.0 Å². The minimum absolute atomic E-state index is 0.552. The van der Waals surface area contributed by atoms with E-state index >= 15 is 0 Å². The standard InChI is InChI=1S/C25H38N6/c1-4-7-9-22-28-23-24(31(22)13-8-5-2)20-18-19(10-11-21(20)27-25(23)26)30-16-14-29(12-6-3)15-17-30/h10-11,18H,4-9,12-17H2,1-3H3,(H2,26,27). The van der Waals surface area contributed by atoms with Crippen LogP contribution in [0.4, 0.5) is 11.5 Å². The number of hydrogen-bond acceptors (Lipinski definition) is 5. The second-order valence-corrected chi connectivity index (χ2v) is 8.86. The molecule has 0 amide bonds. The Balaban J connectivity index is 1.77. The zero-order chi connectivity index (χ0) is 21.8. The zero-order valence-corrected chi connectivity index (χ0v) is 19.5. The molecule has 3 heterocycles. The van der Waals surface area contributed by atoms with Gasteiger partial charge in [0, 0.05) is 50.2 Å². The molecule has 2 N–H and O–H groups in total. The van der Waals surface area contributed by atoms with E-state index in [0.29, 0.717) is 5.82 Å². The second kappa shape index (κ2) is 9.86. The molecule has 1 aliphatic heterocycles. The minimum atomic E-state index is 0.552. The van der Waals surface area contributed by atoms with Gasteiger partial charge in [0.15, 0.2) is 5.82 Å². The third-order valence-corrected chi connectivity index (χ3v) is 6.53. The number of unbranched alkanes of at least 4 members (excludes halogenated alkanes) is 2. The third-order valence-electron chi connectivity index (χ3n) is 6.53. The topological polar surface area (TPSA) is 63.2 Å². The van der Waals surface area contributed by atoms with Crippen LogP contribution in [0.5, 0.6) is 0 Å². The molecule has 0 saturated carbocycles. The van der Waals surface area contributed by atoms with Crippen molar-refractivity contribution in [2.24, 2.45) is 0 Å². The van der Waals surface area contributed by atoms with Crippen molar-refractivity contribution in [1.82, 2.24) is 19.4 Å². The number of rotatable bonds is 9. The molecule has 4 rings (SSSR count). The monoisotopic (exact) mass is 422 g/mol. The molecule has 0 radical (unpaired) electrons. The molecule has 1 aliphatic rings. The van der Waals surface area contributed by atoms with E-state index in [1.54, 1.807) is 0 Å². The number of aromatic nitrogens is 3. The van der Waals surface area contributed by atoms with Crippen LogP contribution in [0.15, 0.2) is 18.2 Å². The van der Waals surface area contributed by atoms with Gasteiger partial charge in [-0.3, -0.25) is 4.90 Å². The van der Waals surface area contributed by atoms with Crippen LogP contribution in [-0.2, 0) is 13.0 Å². The van der Waals surface area contributed by atoms with Crippen LogP contribution in [0.2, 0.25) is 0 Å². The lowest BCUT2D eigenvalue weighted by molar-refractivity contribution is 0.258. The maximum atomic E-state index is 6.38. The smallest absolute Gasteiger partial charge is 0.152 e. The van der Waals surface area contributed by atoms with Gasteiger partial charge in [-0.2, -0.15) is 0 Å². The Bertz CT molecular complexity index is 1020. The molecule has 0 unspecified atom stereocenters. The molecule has 6 nitrogen and oxygen atoms in total. The molecule has 6 heteroatoms. The van der Waals surface area contributed by atoms with Gasteiger partial charge in [-0.05, 0) is 44.0 Å². The van der Waals surface area contributed by atoms with Crippen molar-refractivity contribution in [3.8, 4) is 0 Å². The van der Waals surface area contributed by atoms with Crippen LogP contribution in [-0.4, -0.2) is 52.2 Å². The maximum Gasteiger partial charge on any atom is 0.152 e. The van der Waals surface area contributed by atoms with Gasteiger partial charge in [-0.1, -0.05) is 33.6 Å². The quantitative estimate of drug-likeness (QED) is 0.534. The first-order chi connectivity index (χ1) is 15.2. The van der Waals surface area contributed by atoms with E-state index in [2.05, 4.69) is 53.3 Å². The number of aryl methyl sites for hydroxylation is 2.